The molecule has 6 N–H and O–H groups in total. The first kappa shape index (κ1) is 49.5. The van der Waals surface area contributed by atoms with E-state index in [0.29, 0.717) is 0 Å². The second-order valence-corrected chi connectivity index (χ2v) is 7.43. The maximum absolute atomic E-state index is 7.56. The van der Waals surface area contributed by atoms with E-state index in [2.05, 4.69) is 51.3 Å². The van der Waals surface area contributed by atoms with Crippen LogP contribution in [0.15, 0.2) is 0 Å². The topological polar surface area (TPSA) is 121 Å². The summed E-state index contributed by atoms with van der Waals surface area (Å²) < 4.78 is 0. The lowest BCUT2D eigenvalue weighted by molar-refractivity contribution is 0.361. The zero-order valence-electron chi connectivity index (χ0n) is 11.8. The normalized spacial score (nSPS) is 7.70. The third-order valence-corrected chi connectivity index (χ3v) is 0. The summed E-state index contributed by atoms with van der Waals surface area (Å²) in [6.45, 7) is 0.889. The lowest BCUT2D eigenvalue weighted by Crippen LogP contribution is -1.65. The van der Waals surface area contributed by atoms with Gasteiger partial charge in [0.25, 0.3) is 0 Å². The van der Waals surface area contributed by atoms with Crippen molar-refractivity contribution in [2.75, 3.05) is 0 Å². The third-order valence-electron chi connectivity index (χ3n) is 0. The largest absolute Gasteiger partial charge is 0.325 e. The lowest BCUT2D eigenvalue weighted by Gasteiger charge is -1.88. The van der Waals surface area contributed by atoms with Crippen LogP contribution in [0.2, 0.25) is 0 Å². The molecule has 0 heterocycles. The van der Waals surface area contributed by atoms with Crippen LogP contribution >= 0.6 is 67.4 Å². The van der Waals surface area contributed by atoms with Crippen molar-refractivity contribution in [1.82, 2.24) is 0 Å². The Morgan fingerprint density at radius 2 is 0.550 bits per heavy atom. The van der Waals surface area contributed by atoms with Crippen LogP contribution < -0.4 is 0 Å². The fourth-order valence-corrected chi connectivity index (χ4v) is 0. The van der Waals surface area contributed by atoms with Crippen LogP contribution in [0.4, 0.5) is 0 Å². The quantitative estimate of drug-likeness (QED) is 0.307. The molecule has 6 nitrogen and oxygen atoms in total. The van der Waals surface area contributed by atoms with Gasteiger partial charge in [0.1, 0.15) is 0 Å². The fourth-order valence-electron chi connectivity index (χ4n) is 0. The first-order valence-corrected chi connectivity index (χ1v) is 9.71. The van der Waals surface area contributed by atoms with E-state index in [4.69, 9.17) is 29.4 Å². The Kier molecular flexibility index (Phi) is 82.0. The van der Waals surface area contributed by atoms with Crippen molar-refractivity contribution in [1.29, 1.82) is 0 Å². The molecule has 0 fully saturated rings. The Labute approximate surface area is 160 Å². The van der Waals surface area contributed by atoms with Gasteiger partial charge in [0, 0.05) is 0 Å². The van der Waals surface area contributed by atoms with E-state index < -0.39 is 13.4 Å². The first-order valence-electron chi connectivity index (χ1n) is 4.39. The summed E-state index contributed by atoms with van der Waals surface area (Å²) in [5.41, 5.74) is 0. The standard InChI is InChI=1S/2C3H8.2H3O3PS.4H2S/c2*1-3-2;2*1-4(2,3)5;;;;/h2*3H2,1-2H3;2*(H3,1,2,3,5);4*1H2. The van der Waals surface area contributed by atoms with Gasteiger partial charge in [-0.2, -0.15) is 54.0 Å². The van der Waals surface area contributed by atoms with E-state index in [9.17, 15) is 0 Å². The van der Waals surface area contributed by atoms with Gasteiger partial charge in [-0.1, -0.05) is 40.5 Å². The van der Waals surface area contributed by atoms with Crippen molar-refractivity contribution in [2.24, 2.45) is 0 Å². The average Bonchev–Trinajstić information content (AvgIpc) is 1.79. The molecule has 136 valence electrons. The van der Waals surface area contributed by atoms with E-state index in [1.807, 2.05) is 0 Å². The molecule has 0 aliphatic rings. The third kappa shape index (κ3) is 1280. The molecule has 0 bridgehead atoms. The van der Waals surface area contributed by atoms with Gasteiger partial charge in [-0.25, -0.2) is 0 Å². The summed E-state index contributed by atoms with van der Waals surface area (Å²) in [5.74, 6) is 0. The molecule has 0 saturated heterocycles. The van der Waals surface area contributed by atoms with Gasteiger partial charge in [-0.05, 0) is 23.6 Å². The highest BCUT2D eigenvalue weighted by atomic mass is 32.5. The van der Waals surface area contributed by atoms with Crippen molar-refractivity contribution < 1.29 is 29.4 Å². The van der Waals surface area contributed by atoms with E-state index in [0.717, 1.165) is 0 Å². The van der Waals surface area contributed by atoms with Gasteiger partial charge < -0.3 is 29.4 Å². The molecule has 20 heavy (non-hydrogen) atoms. The fraction of sp³-hybridized carbons (Fsp3) is 1.00. The molecule has 0 saturated carbocycles. The first-order chi connectivity index (χ1) is 6.83. The van der Waals surface area contributed by atoms with Crippen molar-refractivity contribution in [3.05, 3.63) is 0 Å². The highest BCUT2D eigenvalue weighted by Gasteiger charge is 1.92. The van der Waals surface area contributed by atoms with Gasteiger partial charge in [-0.3, -0.25) is 0 Å². The minimum Gasteiger partial charge on any atom is -0.325 e. The maximum atomic E-state index is 7.56. The summed E-state index contributed by atoms with van der Waals surface area (Å²) in [5, 5.41) is 0. The summed E-state index contributed by atoms with van der Waals surface area (Å²) in [6, 6.07) is 0. The molecular weight excluding hydrogens is 422 g/mol. The second-order valence-electron chi connectivity index (χ2n) is 2.44. The molecule has 0 aliphatic heterocycles. The predicted octanol–water partition coefficient (Wildman–Crippen LogP) is 1.66. The van der Waals surface area contributed by atoms with E-state index in [1.165, 1.54) is 12.8 Å². The monoisotopic (exact) mass is 452 g/mol. The van der Waals surface area contributed by atoms with E-state index >= 15 is 0 Å². The lowest BCUT2D eigenvalue weighted by atomic mass is 10.6. The molecule has 0 aromatic rings. The molecule has 0 aromatic heterocycles. The second kappa shape index (κ2) is 33.2. The van der Waals surface area contributed by atoms with Crippen molar-refractivity contribution >= 4 is 91.0 Å². The zero-order chi connectivity index (χ0) is 14.4. The molecule has 0 atom stereocenters. The smallest absolute Gasteiger partial charge is 0.319 e. The highest BCUT2D eigenvalue weighted by Crippen LogP contribution is 2.26. The van der Waals surface area contributed by atoms with Crippen LogP contribution in [0.1, 0.15) is 40.5 Å². The molecule has 0 amide bonds. The molecule has 14 heteroatoms. The number of rotatable bonds is 0. The minimum absolute atomic E-state index is 0. The van der Waals surface area contributed by atoms with Crippen LogP contribution in [-0.4, -0.2) is 29.4 Å². The molecule has 0 aliphatic carbocycles. The zero-order valence-corrected chi connectivity index (χ0v) is 19.2. The number of hydrogen-bond acceptors (Lipinski definition) is 2. The summed E-state index contributed by atoms with van der Waals surface area (Å²) in [6.07, 6.45) is 2.50. The van der Waals surface area contributed by atoms with Crippen molar-refractivity contribution in [2.45, 2.75) is 40.5 Å². The Morgan fingerprint density at radius 1 is 0.550 bits per heavy atom. The van der Waals surface area contributed by atoms with Crippen LogP contribution in [0, 0.1) is 0 Å². The molecular formula is C6H30O6P2S6. The van der Waals surface area contributed by atoms with Gasteiger partial charge in [0.15, 0.2) is 0 Å². The predicted molar refractivity (Wildman–Crippen MR) is 115 cm³/mol. The number of hydrogen-bond donors (Lipinski definition) is 6. The maximum Gasteiger partial charge on any atom is 0.319 e. The van der Waals surface area contributed by atoms with E-state index in [-0.39, 0.29) is 54.0 Å². The summed E-state index contributed by atoms with van der Waals surface area (Å²) in [4.78, 5) is 45.3. The van der Waals surface area contributed by atoms with E-state index in [1.54, 1.807) is 0 Å². The molecule has 0 rings (SSSR count). The van der Waals surface area contributed by atoms with Crippen LogP contribution in [0.25, 0.3) is 0 Å². The van der Waals surface area contributed by atoms with Gasteiger partial charge in [0.2, 0.25) is 0 Å². The minimum atomic E-state index is -3.81. The molecule has 0 radical (unpaired) electrons. The molecule has 0 unspecified atom stereocenters. The highest BCUT2D eigenvalue weighted by molar-refractivity contribution is 8.06. The molecule has 0 spiro atoms. The Bertz CT molecular complexity index is 172. The van der Waals surface area contributed by atoms with Crippen LogP contribution in [0.3, 0.4) is 0 Å². The van der Waals surface area contributed by atoms with Gasteiger partial charge in [-0.15, -0.1) is 0 Å². The van der Waals surface area contributed by atoms with Crippen LogP contribution in [-0.2, 0) is 23.6 Å². The van der Waals surface area contributed by atoms with Crippen molar-refractivity contribution in [3.63, 3.8) is 0 Å². The Balaban J connectivity index is -0.0000000154. The summed E-state index contributed by atoms with van der Waals surface area (Å²) in [7, 11) is 0. The summed E-state index contributed by atoms with van der Waals surface area (Å²) >= 11 is 7.21. The Hall–Kier alpha value is 2.46. The average molecular weight is 453 g/mol. The Morgan fingerprint density at radius 3 is 0.550 bits per heavy atom. The van der Waals surface area contributed by atoms with Crippen LogP contribution in [0.5, 0.6) is 0 Å². The van der Waals surface area contributed by atoms with Gasteiger partial charge in [0.05, 0.1) is 0 Å². The molecule has 0 aromatic carbocycles. The van der Waals surface area contributed by atoms with Crippen molar-refractivity contribution in [3.8, 4) is 0 Å². The SMILES string of the molecule is CCC.CCC.OP(O)(O)=S.OP(O)(O)=S.S.S.S.S. The van der Waals surface area contributed by atoms with Gasteiger partial charge >= 0.3 is 13.4 Å².